The molecule has 0 saturated heterocycles. The van der Waals surface area contributed by atoms with Gasteiger partial charge in [0.25, 0.3) is 0 Å². The lowest BCUT2D eigenvalue weighted by molar-refractivity contribution is -0.112. The van der Waals surface area contributed by atoms with Crippen molar-refractivity contribution in [3.63, 3.8) is 0 Å². The summed E-state index contributed by atoms with van der Waals surface area (Å²) in [7, 11) is 2.17. The third-order valence-corrected chi connectivity index (χ3v) is 11.9. The fourth-order valence-corrected chi connectivity index (χ4v) is 7.75. The molecule has 4 nitrogen and oxygen atoms in total. The number of allylic oxidation sites excluding steroid dienone is 4. The van der Waals surface area contributed by atoms with Crippen LogP contribution in [0.25, 0.3) is 0 Å². The molecule has 6 rings (SSSR count). The maximum Gasteiger partial charge on any atom is 0.185 e. The van der Waals surface area contributed by atoms with E-state index in [0.717, 1.165) is 57.7 Å². The van der Waals surface area contributed by atoms with Crippen LogP contribution < -0.4 is 4.90 Å². The Morgan fingerprint density at radius 1 is 0.511 bits per heavy atom. The smallest absolute Gasteiger partial charge is 0.185 e. The van der Waals surface area contributed by atoms with E-state index in [9.17, 15) is 9.90 Å². The van der Waals surface area contributed by atoms with Crippen molar-refractivity contribution in [2.45, 2.75) is 110 Å². The summed E-state index contributed by atoms with van der Waals surface area (Å²) in [5.41, 5.74) is 26.6. The molecule has 3 aromatic rings. The lowest BCUT2D eigenvalue weighted by Gasteiger charge is -2.37. The molecule has 45 heavy (non-hydrogen) atoms. The number of Topliss-reactive ketones (excluding diaryl/α,β-unsaturated/α-hetero) is 1. The van der Waals surface area contributed by atoms with E-state index in [0.29, 0.717) is 5.75 Å². The predicted octanol–water partition coefficient (Wildman–Crippen LogP) is 10.0. The number of phenolic OH excluding ortho intramolecular Hbond substituents is 1. The van der Waals surface area contributed by atoms with Gasteiger partial charge in [0.2, 0.25) is 0 Å². The molecular weight excluding hydrogens is 552 g/mol. The largest absolute Gasteiger partial charge is 0.507 e. The van der Waals surface area contributed by atoms with Gasteiger partial charge in [-0.15, -0.1) is 0 Å². The van der Waals surface area contributed by atoms with E-state index in [1.54, 1.807) is 0 Å². The monoisotopic (exact) mass is 602 g/mol. The van der Waals surface area contributed by atoms with Crippen LogP contribution in [0, 0.1) is 76.2 Å². The van der Waals surface area contributed by atoms with Crippen molar-refractivity contribution in [1.29, 1.82) is 0 Å². The molecule has 1 N–H and O–H groups in total. The molecule has 0 radical (unpaired) electrons. The molecule has 236 valence electrons. The predicted molar refractivity (Wildman–Crippen MR) is 191 cm³/mol. The topological polar surface area (TPSA) is 52.9 Å². The standard InChI is InChI=1S/C21H27NO.C20H23NO/c1-10-11(2)13(4)19-17(12(10)3)9-18-16(7)21(23)15(6)14(5)20(18)22(19)8;1-9-10(2)12(4)18-16(11(9)3)8-17-15(7)20(22)14(6)13(5)19(17)21-18/h23H,9H2,1-8H3;8H2,1-7H3. The molecular formula is C41H50N2O2. The van der Waals surface area contributed by atoms with Crippen molar-refractivity contribution < 1.29 is 9.90 Å². The number of carbonyl (C=O) groups is 1. The summed E-state index contributed by atoms with van der Waals surface area (Å²) in [5, 5.41) is 10.5. The van der Waals surface area contributed by atoms with Gasteiger partial charge in [-0.2, -0.15) is 0 Å². The highest BCUT2D eigenvalue weighted by Gasteiger charge is 2.32. The van der Waals surface area contributed by atoms with Crippen LogP contribution in [0.5, 0.6) is 5.75 Å². The highest BCUT2D eigenvalue weighted by molar-refractivity contribution is 6.27. The molecule has 0 saturated carbocycles. The fourth-order valence-electron chi connectivity index (χ4n) is 7.75. The number of aliphatic imine (C=N–C) groups is 1. The molecule has 0 amide bonds. The zero-order valence-corrected chi connectivity index (χ0v) is 30.2. The van der Waals surface area contributed by atoms with Gasteiger partial charge < -0.3 is 10.0 Å². The lowest BCUT2D eigenvalue weighted by Crippen LogP contribution is -2.24. The van der Waals surface area contributed by atoms with E-state index in [4.69, 9.17) is 4.99 Å². The lowest BCUT2D eigenvalue weighted by atomic mass is 9.78. The highest BCUT2D eigenvalue weighted by atomic mass is 16.3. The highest BCUT2D eigenvalue weighted by Crippen LogP contribution is 2.48. The average Bonchev–Trinajstić information content (AvgIpc) is 3.03. The van der Waals surface area contributed by atoms with E-state index in [-0.39, 0.29) is 5.78 Å². The van der Waals surface area contributed by atoms with Gasteiger partial charge in [0.1, 0.15) is 5.75 Å². The summed E-state index contributed by atoms with van der Waals surface area (Å²) < 4.78 is 0. The van der Waals surface area contributed by atoms with E-state index < -0.39 is 0 Å². The zero-order chi connectivity index (χ0) is 33.6. The quantitative estimate of drug-likeness (QED) is 0.261. The number of phenols is 1. The Labute approximate surface area is 270 Å². The second-order valence-electron chi connectivity index (χ2n) is 13.8. The molecule has 0 atom stereocenters. The molecule has 1 aliphatic carbocycles. The van der Waals surface area contributed by atoms with E-state index in [1.807, 2.05) is 34.6 Å². The van der Waals surface area contributed by atoms with Gasteiger partial charge in [0.15, 0.2) is 5.78 Å². The van der Waals surface area contributed by atoms with Gasteiger partial charge in [-0.05, 0) is 186 Å². The van der Waals surface area contributed by atoms with Gasteiger partial charge in [0, 0.05) is 42.4 Å². The van der Waals surface area contributed by atoms with E-state index in [1.165, 1.54) is 78.1 Å². The molecule has 0 unspecified atom stereocenters. The number of aromatic hydroxyl groups is 1. The van der Waals surface area contributed by atoms with Crippen molar-refractivity contribution in [3.8, 4) is 5.75 Å². The van der Waals surface area contributed by atoms with Crippen molar-refractivity contribution in [2.75, 3.05) is 11.9 Å². The SMILES string of the molecule is CC1=C(C)C2=Nc3c(C)c(C)c(C)c(C)c3CC2=C(C)C1=O.Cc1c(C)c(C)c2c(c1C)Cc1c(C)c(O)c(C)c(C)c1N2C. The molecule has 2 heterocycles. The first-order chi connectivity index (χ1) is 20.9. The first kappa shape index (κ1) is 32.5. The number of anilines is 2. The summed E-state index contributed by atoms with van der Waals surface area (Å²) in [6.45, 7) is 29.7. The van der Waals surface area contributed by atoms with Gasteiger partial charge in [-0.25, -0.2) is 4.99 Å². The number of benzene rings is 3. The van der Waals surface area contributed by atoms with Crippen molar-refractivity contribution >= 4 is 28.6 Å². The Hall–Kier alpha value is -3.92. The van der Waals surface area contributed by atoms with Crippen molar-refractivity contribution in [3.05, 3.63) is 100 Å². The minimum Gasteiger partial charge on any atom is -0.507 e. The van der Waals surface area contributed by atoms with Crippen LogP contribution >= 0.6 is 0 Å². The van der Waals surface area contributed by atoms with Crippen LogP contribution in [-0.2, 0) is 17.6 Å². The Morgan fingerprint density at radius 2 is 0.978 bits per heavy atom. The number of fused-ring (bicyclic) bond motifs is 4. The second kappa shape index (κ2) is 11.2. The van der Waals surface area contributed by atoms with Crippen molar-refractivity contribution in [1.82, 2.24) is 0 Å². The number of hydrogen-bond donors (Lipinski definition) is 1. The third-order valence-electron chi connectivity index (χ3n) is 11.9. The van der Waals surface area contributed by atoms with Crippen LogP contribution in [-0.4, -0.2) is 23.6 Å². The fraction of sp³-hybridized carbons (Fsp3) is 0.415. The number of carbonyl (C=O) groups excluding carboxylic acids is 1. The first-order valence-electron chi connectivity index (χ1n) is 16.2. The Morgan fingerprint density at radius 3 is 1.56 bits per heavy atom. The Balaban J connectivity index is 0.000000178. The first-order valence-corrected chi connectivity index (χ1v) is 16.2. The van der Waals surface area contributed by atoms with Gasteiger partial charge in [-0.3, -0.25) is 4.79 Å². The molecule has 0 fully saturated rings. The summed E-state index contributed by atoms with van der Waals surface area (Å²) in [6, 6.07) is 0. The number of nitrogens with zero attached hydrogens (tertiary/aromatic N) is 2. The number of rotatable bonds is 0. The van der Waals surface area contributed by atoms with Crippen LogP contribution in [0.4, 0.5) is 17.1 Å². The third kappa shape index (κ3) is 4.63. The summed E-state index contributed by atoms with van der Waals surface area (Å²) in [5.74, 6) is 0.629. The molecule has 0 spiro atoms. The summed E-state index contributed by atoms with van der Waals surface area (Å²) >= 11 is 0. The van der Waals surface area contributed by atoms with E-state index in [2.05, 4.69) is 74.3 Å². The molecule has 3 aromatic carbocycles. The van der Waals surface area contributed by atoms with Gasteiger partial charge in [0.05, 0.1) is 11.4 Å². The zero-order valence-electron chi connectivity index (χ0n) is 30.2. The van der Waals surface area contributed by atoms with Gasteiger partial charge in [-0.1, -0.05) is 0 Å². The average molecular weight is 603 g/mol. The maximum absolute atomic E-state index is 12.4. The van der Waals surface area contributed by atoms with E-state index >= 15 is 0 Å². The van der Waals surface area contributed by atoms with Gasteiger partial charge >= 0.3 is 0 Å². The minimum absolute atomic E-state index is 0.174. The molecule has 4 heteroatoms. The van der Waals surface area contributed by atoms with Crippen LogP contribution in [0.15, 0.2) is 27.3 Å². The summed E-state index contributed by atoms with van der Waals surface area (Å²) in [4.78, 5) is 19.7. The number of hydrogen-bond acceptors (Lipinski definition) is 4. The molecule has 3 aliphatic rings. The van der Waals surface area contributed by atoms with Crippen LogP contribution in [0.3, 0.4) is 0 Å². The van der Waals surface area contributed by atoms with Crippen LogP contribution in [0.1, 0.15) is 98.7 Å². The Bertz CT molecular complexity index is 1890. The Kier molecular flexibility index (Phi) is 8.05. The van der Waals surface area contributed by atoms with Crippen LogP contribution in [0.2, 0.25) is 0 Å². The minimum atomic E-state index is 0.174. The van der Waals surface area contributed by atoms with Crippen molar-refractivity contribution in [2.24, 2.45) is 4.99 Å². The normalized spacial score (nSPS) is 15.3. The summed E-state index contributed by atoms with van der Waals surface area (Å²) in [6.07, 6.45) is 1.73. The number of ketones is 1. The second-order valence-corrected chi connectivity index (χ2v) is 13.8. The molecule has 0 aromatic heterocycles. The maximum atomic E-state index is 12.4. The molecule has 2 aliphatic heterocycles. The molecule has 0 bridgehead atoms.